The number of carbonyl (C=O) groups is 2. The van der Waals surface area contributed by atoms with Gasteiger partial charge in [-0.1, -0.05) is 18.0 Å². The lowest BCUT2D eigenvalue weighted by Crippen LogP contribution is -2.44. The van der Waals surface area contributed by atoms with Crippen molar-refractivity contribution >= 4 is 11.9 Å². The minimum atomic E-state index is -0.730. The SMILES string of the molecule is CC(C)(N)c1noc(CN2C(=O)NC3(CCCC3)C2=O)n1. The largest absolute Gasteiger partial charge is 0.337 e. The third-order valence-corrected chi connectivity index (χ3v) is 4.04. The van der Waals surface area contributed by atoms with Crippen LogP contribution in [0.1, 0.15) is 51.2 Å². The molecule has 0 unspecified atom stereocenters. The molecule has 2 aliphatic rings. The quantitative estimate of drug-likeness (QED) is 0.790. The minimum absolute atomic E-state index is 0.0184. The molecule has 1 aromatic heterocycles. The molecule has 1 aromatic rings. The molecule has 0 atom stereocenters. The van der Waals surface area contributed by atoms with E-state index in [2.05, 4.69) is 15.5 Å². The van der Waals surface area contributed by atoms with Gasteiger partial charge in [0.1, 0.15) is 12.1 Å². The summed E-state index contributed by atoms with van der Waals surface area (Å²) in [6, 6.07) is -0.395. The molecular formula is C13H19N5O3. The lowest BCUT2D eigenvalue weighted by molar-refractivity contribution is -0.131. The van der Waals surface area contributed by atoms with Crippen LogP contribution in [0.4, 0.5) is 4.79 Å². The first kappa shape index (κ1) is 14.0. The Kier molecular flexibility index (Phi) is 3.01. The van der Waals surface area contributed by atoms with Gasteiger partial charge in [0, 0.05) is 0 Å². The molecule has 3 N–H and O–H groups in total. The number of nitrogens with one attached hydrogen (secondary N) is 1. The fourth-order valence-corrected chi connectivity index (χ4v) is 2.85. The van der Waals surface area contributed by atoms with E-state index in [0.717, 1.165) is 17.7 Å². The van der Waals surface area contributed by atoms with Crippen molar-refractivity contribution in [3.05, 3.63) is 11.7 Å². The normalized spacial score (nSPS) is 21.4. The maximum absolute atomic E-state index is 12.5. The monoisotopic (exact) mass is 293 g/mol. The van der Waals surface area contributed by atoms with E-state index in [1.807, 2.05) is 0 Å². The van der Waals surface area contributed by atoms with Crippen molar-refractivity contribution in [1.29, 1.82) is 0 Å². The molecular weight excluding hydrogens is 274 g/mol. The van der Waals surface area contributed by atoms with E-state index in [9.17, 15) is 9.59 Å². The molecule has 8 nitrogen and oxygen atoms in total. The smallest absolute Gasteiger partial charge is 0.325 e. The highest BCUT2D eigenvalue weighted by Crippen LogP contribution is 2.35. The minimum Gasteiger partial charge on any atom is -0.337 e. The van der Waals surface area contributed by atoms with Gasteiger partial charge in [0.2, 0.25) is 5.89 Å². The third kappa shape index (κ3) is 2.29. The van der Waals surface area contributed by atoms with Crippen LogP contribution >= 0.6 is 0 Å². The number of urea groups is 1. The van der Waals surface area contributed by atoms with Crippen molar-refractivity contribution in [1.82, 2.24) is 20.4 Å². The second-order valence-electron chi connectivity index (χ2n) is 6.34. The number of nitrogens with two attached hydrogens (primary N) is 1. The topological polar surface area (TPSA) is 114 Å². The van der Waals surface area contributed by atoms with Gasteiger partial charge in [0.15, 0.2) is 5.82 Å². The molecule has 2 heterocycles. The van der Waals surface area contributed by atoms with Gasteiger partial charge in [-0.3, -0.25) is 9.69 Å². The first-order chi connectivity index (χ1) is 9.82. The maximum atomic E-state index is 12.5. The predicted molar refractivity (Wildman–Crippen MR) is 71.8 cm³/mol. The van der Waals surface area contributed by atoms with Crippen LogP contribution < -0.4 is 11.1 Å². The van der Waals surface area contributed by atoms with Crippen molar-refractivity contribution in [2.45, 2.75) is 57.2 Å². The average Bonchev–Trinajstić information content (AvgIpc) is 3.07. The van der Waals surface area contributed by atoms with E-state index < -0.39 is 17.1 Å². The van der Waals surface area contributed by atoms with Crippen LogP contribution in [0, 0.1) is 0 Å². The predicted octanol–water partition coefficient (Wildman–Crippen LogP) is 0.628. The zero-order chi connectivity index (χ0) is 15.3. The Morgan fingerprint density at radius 2 is 2.05 bits per heavy atom. The van der Waals surface area contributed by atoms with Gasteiger partial charge in [-0.05, 0) is 26.7 Å². The number of carbonyl (C=O) groups excluding carboxylic acids is 2. The molecule has 0 aromatic carbocycles. The zero-order valence-electron chi connectivity index (χ0n) is 12.2. The number of hydrogen-bond donors (Lipinski definition) is 2. The van der Waals surface area contributed by atoms with E-state index in [4.69, 9.17) is 10.3 Å². The molecule has 0 radical (unpaired) electrons. The summed E-state index contributed by atoms with van der Waals surface area (Å²) >= 11 is 0. The number of imide groups is 1. The van der Waals surface area contributed by atoms with Gasteiger partial charge in [0.25, 0.3) is 5.91 Å². The van der Waals surface area contributed by atoms with Crippen molar-refractivity contribution in [3.63, 3.8) is 0 Å². The number of hydrogen-bond acceptors (Lipinski definition) is 6. The lowest BCUT2D eigenvalue weighted by Gasteiger charge is -2.19. The van der Waals surface area contributed by atoms with Crippen LogP contribution in [0.2, 0.25) is 0 Å². The number of aromatic nitrogens is 2. The van der Waals surface area contributed by atoms with Crippen LogP contribution in [0.3, 0.4) is 0 Å². The highest BCUT2D eigenvalue weighted by atomic mass is 16.5. The molecule has 3 rings (SSSR count). The van der Waals surface area contributed by atoms with E-state index in [1.54, 1.807) is 13.8 Å². The van der Waals surface area contributed by atoms with Gasteiger partial charge in [-0.25, -0.2) is 4.79 Å². The van der Waals surface area contributed by atoms with Gasteiger partial charge >= 0.3 is 6.03 Å². The molecule has 1 aliphatic carbocycles. The molecule has 1 saturated heterocycles. The van der Waals surface area contributed by atoms with Gasteiger partial charge in [-0.15, -0.1) is 0 Å². The summed E-state index contributed by atoms with van der Waals surface area (Å²) in [6.45, 7) is 3.49. The van der Waals surface area contributed by atoms with Gasteiger partial charge in [-0.2, -0.15) is 4.98 Å². The Morgan fingerprint density at radius 1 is 1.38 bits per heavy atom. The standard InChI is InChI=1S/C13H19N5O3/c1-12(2,14)9-15-8(21-17-9)7-18-10(19)13(16-11(18)20)5-3-4-6-13/h3-7,14H2,1-2H3,(H,16,20). The fourth-order valence-electron chi connectivity index (χ4n) is 2.85. The van der Waals surface area contributed by atoms with Crippen molar-refractivity contribution in [2.24, 2.45) is 5.73 Å². The van der Waals surface area contributed by atoms with Gasteiger partial charge < -0.3 is 15.6 Å². The Hall–Kier alpha value is -1.96. The van der Waals surface area contributed by atoms with Crippen LogP contribution in [-0.2, 0) is 16.9 Å². The lowest BCUT2D eigenvalue weighted by atomic mass is 9.98. The number of rotatable bonds is 3. The third-order valence-electron chi connectivity index (χ3n) is 4.04. The first-order valence-electron chi connectivity index (χ1n) is 7.08. The summed E-state index contributed by atoms with van der Waals surface area (Å²) in [5.41, 5.74) is 4.44. The van der Waals surface area contributed by atoms with E-state index in [1.165, 1.54) is 0 Å². The Bertz CT molecular complexity index is 583. The highest BCUT2D eigenvalue weighted by Gasteiger charge is 2.52. The Balaban J connectivity index is 1.77. The van der Waals surface area contributed by atoms with Crippen LogP contribution in [0.15, 0.2) is 4.52 Å². The summed E-state index contributed by atoms with van der Waals surface area (Å²) in [7, 11) is 0. The zero-order valence-corrected chi connectivity index (χ0v) is 12.2. The molecule has 0 bridgehead atoms. The summed E-state index contributed by atoms with van der Waals surface area (Å²) < 4.78 is 5.09. The molecule has 114 valence electrons. The molecule has 21 heavy (non-hydrogen) atoms. The van der Waals surface area contributed by atoms with E-state index >= 15 is 0 Å². The van der Waals surface area contributed by atoms with E-state index in [0.29, 0.717) is 18.7 Å². The molecule has 1 saturated carbocycles. The number of nitrogens with zero attached hydrogens (tertiary/aromatic N) is 3. The summed E-state index contributed by atoms with van der Waals surface area (Å²) in [5.74, 6) is 0.360. The summed E-state index contributed by atoms with van der Waals surface area (Å²) in [5, 5.41) is 6.60. The maximum Gasteiger partial charge on any atom is 0.325 e. The second kappa shape index (κ2) is 4.52. The average molecular weight is 293 g/mol. The second-order valence-corrected chi connectivity index (χ2v) is 6.34. The summed E-state index contributed by atoms with van der Waals surface area (Å²) in [6.07, 6.45) is 3.29. The van der Waals surface area contributed by atoms with Crippen molar-refractivity contribution in [3.8, 4) is 0 Å². The fraction of sp³-hybridized carbons (Fsp3) is 0.692. The van der Waals surface area contributed by atoms with Gasteiger partial charge in [0.05, 0.1) is 5.54 Å². The summed E-state index contributed by atoms with van der Waals surface area (Å²) in [4.78, 5) is 29.8. The molecule has 3 amide bonds. The molecule has 8 heteroatoms. The van der Waals surface area contributed by atoms with Crippen LogP contribution in [-0.4, -0.2) is 32.5 Å². The Morgan fingerprint density at radius 3 is 2.62 bits per heavy atom. The number of amides is 3. The van der Waals surface area contributed by atoms with Crippen molar-refractivity contribution < 1.29 is 14.1 Å². The first-order valence-corrected chi connectivity index (χ1v) is 7.08. The molecule has 2 fully saturated rings. The Labute approximate surface area is 122 Å². The van der Waals surface area contributed by atoms with Crippen molar-refractivity contribution in [2.75, 3.05) is 0 Å². The molecule has 1 aliphatic heterocycles. The van der Waals surface area contributed by atoms with Crippen LogP contribution in [0.5, 0.6) is 0 Å². The molecule has 1 spiro atoms. The van der Waals surface area contributed by atoms with E-state index in [-0.39, 0.29) is 18.3 Å². The van der Waals surface area contributed by atoms with Crippen LogP contribution in [0.25, 0.3) is 0 Å². The highest BCUT2D eigenvalue weighted by molar-refractivity contribution is 6.07.